The Morgan fingerprint density at radius 3 is 2.21 bits per heavy atom. The second kappa shape index (κ2) is 5.89. The van der Waals surface area contributed by atoms with Crippen LogP contribution in [0.3, 0.4) is 0 Å². The van der Waals surface area contributed by atoms with Crippen molar-refractivity contribution < 1.29 is 26.3 Å². The summed E-state index contributed by atoms with van der Waals surface area (Å²) in [4.78, 5) is -0.774. The number of ether oxygens (including phenoxy) is 1. The van der Waals surface area contributed by atoms with Crippen molar-refractivity contribution in [1.82, 2.24) is 0 Å². The molecule has 1 aromatic carbocycles. The molecule has 0 heterocycles. The van der Waals surface area contributed by atoms with Crippen molar-refractivity contribution in [2.75, 3.05) is 13.7 Å². The summed E-state index contributed by atoms with van der Waals surface area (Å²) in [6.45, 7) is 0.308. The second-order valence-electron chi connectivity index (χ2n) is 4.01. The van der Waals surface area contributed by atoms with Crippen LogP contribution in [0.2, 0.25) is 0 Å². The van der Waals surface area contributed by atoms with E-state index in [0.717, 1.165) is 12.1 Å². The zero-order chi connectivity index (χ0) is 14.7. The Kier molecular flexibility index (Phi) is 4.94. The molecule has 1 atom stereocenters. The van der Waals surface area contributed by atoms with Gasteiger partial charge in [0.25, 0.3) is 9.84 Å². The molecule has 0 amide bonds. The van der Waals surface area contributed by atoms with E-state index >= 15 is 0 Å². The molecule has 2 N–H and O–H groups in total. The molecule has 0 aromatic heterocycles. The van der Waals surface area contributed by atoms with Crippen molar-refractivity contribution >= 4 is 9.84 Å². The number of halogens is 3. The van der Waals surface area contributed by atoms with Gasteiger partial charge in [-0.2, -0.15) is 13.2 Å². The monoisotopic (exact) mass is 297 g/mol. The minimum absolute atomic E-state index is 0.296. The van der Waals surface area contributed by atoms with Crippen molar-refractivity contribution in [2.45, 2.75) is 22.9 Å². The largest absolute Gasteiger partial charge is 0.501 e. The van der Waals surface area contributed by atoms with Crippen LogP contribution in [0, 0.1) is 0 Å². The summed E-state index contributed by atoms with van der Waals surface area (Å²) in [5.41, 5.74) is 1.04. The van der Waals surface area contributed by atoms with Crippen LogP contribution in [0.25, 0.3) is 0 Å². The molecule has 0 aliphatic heterocycles. The lowest BCUT2D eigenvalue weighted by Crippen LogP contribution is -2.28. The van der Waals surface area contributed by atoms with Crippen molar-refractivity contribution in [3.05, 3.63) is 29.8 Å². The molecule has 19 heavy (non-hydrogen) atoms. The smallest absolute Gasteiger partial charge is 0.383 e. The number of hydrogen-bond acceptors (Lipinski definition) is 4. The Morgan fingerprint density at radius 1 is 1.26 bits per heavy atom. The Morgan fingerprint density at radius 2 is 1.79 bits per heavy atom. The number of benzene rings is 1. The van der Waals surface area contributed by atoms with Gasteiger partial charge in [-0.3, -0.25) is 0 Å². The molecule has 8 heteroatoms. The van der Waals surface area contributed by atoms with Gasteiger partial charge in [0.2, 0.25) is 0 Å². The predicted molar refractivity (Wildman–Crippen MR) is 63.2 cm³/mol. The topological polar surface area (TPSA) is 69.4 Å². The van der Waals surface area contributed by atoms with Crippen molar-refractivity contribution in [3.63, 3.8) is 0 Å². The number of hydrogen-bond donors (Lipinski definition) is 1. The third-order valence-corrected chi connectivity index (χ3v) is 3.92. The normalized spacial score (nSPS) is 14.4. The molecule has 0 saturated heterocycles. The van der Waals surface area contributed by atoms with Crippen molar-refractivity contribution in [3.8, 4) is 0 Å². The highest BCUT2D eigenvalue weighted by atomic mass is 32.2. The highest BCUT2D eigenvalue weighted by Gasteiger charge is 2.46. The quantitative estimate of drug-likeness (QED) is 0.894. The Bertz CT molecular complexity index is 511. The minimum Gasteiger partial charge on any atom is -0.383 e. The van der Waals surface area contributed by atoms with Gasteiger partial charge in [-0.05, 0) is 24.1 Å². The van der Waals surface area contributed by atoms with Crippen molar-refractivity contribution in [2.24, 2.45) is 5.73 Å². The first-order valence-corrected chi connectivity index (χ1v) is 6.81. The Balaban J connectivity index is 2.89. The van der Waals surface area contributed by atoms with Gasteiger partial charge in [-0.15, -0.1) is 0 Å². The van der Waals surface area contributed by atoms with E-state index in [4.69, 9.17) is 10.5 Å². The van der Waals surface area contributed by atoms with E-state index in [-0.39, 0.29) is 6.04 Å². The highest BCUT2D eigenvalue weighted by Crippen LogP contribution is 2.30. The first-order valence-electron chi connectivity index (χ1n) is 5.33. The molecular formula is C11H14F3NO3S. The fourth-order valence-corrected chi connectivity index (χ4v) is 2.28. The predicted octanol–water partition coefficient (Wildman–Crippen LogP) is 1.50. The summed E-state index contributed by atoms with van der Waals surface area (Å²) in [6, 6.07) is 4.19. The zero-order valence-corrected chi connectivity index (χ0v) is 11.0. The number of methoxy groups -OCH3 is 1. The average molecular weight is 297 g/mol. The van der Waals surface area contributed by atoms with E-state index in [1.165, 1.54) is 19.2 Å². The molecule has 4 nitrogen and oxygen atoms in total. The lowest BCUT2D eigenvalue weighted by molar-refractivity contribution is -0.0436. The standard InChI is InChI=1S/C11H14F3NO3S/c1-18-7-9(15)6-8-2-4-10(5-3-8)19(16,17)11(12,13)14/h2-5,9H,6-7,15H2,1H3. The third-order valence-electron chi connectivity index (χ3n) is 2.42. The molecule has 0 radical (unpaired) electrons. The van der Waals surface area contributed by atoms with Crippen molar-refractivity contribution in [1.29, 1.82) is 0 Å². The lowest BCUT2D eigenvalue weighted by Gasteiger charge is -2.11. The summed E-state index contributed by atoms with van der Waals surface area (Å²) in [7, 11) is -3.80. The van der Waals surface area contributed by atoms with Crippen LogP contribution in [-0.2, 0) is 21.0 Å². The van der Waals surface area contributed by atoms with Gasteiger partial charge in [-0.25, -0.2) is 8.42 Å². The van der Waals surface area contributed by atoms with Crippen LogP contribution in [0.1, 0.15) is 5.56 Å². The molecule has 0 saturated carbocycles. The molecule has 0 aliphatic carbocycles. The lowest BCUT2D eigenvalue weighted by atomic mass is 10.1. The summed E-state index contributed by atoms with van der Waals surface area (Å²) >= 11 is 0. The van der Waals surface area contributed by atoms with E-state index < -0.39 is 20.2 Å². The zero-order valence-electron chi connectivity index (χ0n) is 10.1. The van der Waals surface area contributed by atoms with Crippen LogP contribution >= 0.6 is 0 Å². The van der Waals surface area contributed by atoms with Gasteiger partial charge >= 0.3 is 5.51 Å². The van der Waals surface area contributed by atoms with E-state index in [2.05, 4.69) is 0 Å². The first-order chi connectivity index (χ1) is 8.68. The molecule has 0 bridgehead atoms. The maximum absolute atomic E-state index is 12.3. The molecule has 1 unspecified atom stereocenters. The molecular weight excluding hydrogens is 283 g/mol. The van der Waals surface area contributed by atoms with Gasteiger partial charge in [0.1, 0.15) is 0 Å². The van der Waals surface area contributed by atoms with Crippen LogP contribution in [-0.4, -0.2) is 33.7 Å². The number of nitrogens with two attached hydrogens (primary N) is 1. The molecule has 1 aromatic rings. The average Bonchev–Trinajstić information content (AvgIpc) is 2.28. The first kappa shape index (κ1) is 15.9. The van der Waals surface area contributed by atoms with Crippen LogP contribution < -0.4 is 5.73 Å². The van der Waals surface area contributed by atoms with Crippen LogP contribution in [0.4, 0.5) is 13.2 Å². The highest BCUT2D eigenvalue weighted by molar-refractivity contribution is 7.92. The maximum Gasteiger partial charge on any atom is 0.501 e. The third kappa shape index (κ3) is 3.92. The molecule has 0 aliphatic rings. The SMILES string of the molecule is COCC(N)Cc1ccc(S(=O)(=O)C(F)(F)F)cc1. The summed E-state index contributed by atoms with van der Waals surface area (Å²) < 4.78 is 64.0. The van der Waals surface area contributed by atoms with Crippen LogP contribution in [0.5, 0.6) is 0 Å². The molecule has 0 spiro atoms. The maximum atomic E-state index is 12.3. The number of rotatable bonds is 5. The molecule has 1 rings (SSSR count). The Labute approximate surface area is 109 Å². The van der Waals surface area contributed by atoms with Gasteiger partial charge < -0.3 is 10.5 Å². The van der Waals surface area contributed by atoms with Gasteiger partial charge in [0.15, 0.2) is 0 Å². The van der Waals surface area contributed by atoms with E-state index in [1.807, 2.05) is 0 Å². The molecule has 0 fully saturated rings. The van der Waals surface area contributed by atoms with Gasteiger partial charge in [0, 0.05) is 13.2 Å². The minimum atomic E-state index is -5.29. The summed E-state index contributed by atoms with van der Waals surface area (Å²) in [5.74, 6) is 0. The van der Waals surface area contributed by atoms with E-state index in [9.17, 15) is 21.6 Å². The fourth-order valence-electron chi connectivity index (χ4n) is 1.51. The van der Waals surface area contributed by atoms with Gasteiger partial charge in [0.05, 0.1) is 11.5 Å². The number of sulfone groups is 1. The second-order valence-corrected chi connectivity index (χ2v) is 5.95. The van der Waals surface area contributed by atoms with Crippen LogP contribution in [0.15, 0.2) is 29.2 Å². The summed E-state index contributed by atoms with van der Waals surface area (Å²) in [5, 5.41) is 0. The number of alkyl halides is 3. The molecule has 108 valence electrons. The van der Waals surface area contributed by atoms with E-state index in [0.29, 0.717) is 18.6 Å². The summed E-state index contributed by atoms with van der Waals surface area (Å²) in [6.07, 6.45) is 0.389. The van der Waals surface area contributed by atoms with E-state index in [1.54, 1.807) is 0 Å². The van der Waals surface area contributed by atoms with Gasteiger partial charge in [-0.1, -0.05) is 12.1 Å². The fraction of sp³-hybridized carbons (Fsp3) is 0.455. The Hall–Kier alpha value is -1.12.